The lowest BCUT2D eigenvalue weighted by Gasteiger charge is -2.12. The van der Waals surface area contributed by atoms with Crippen molar-refractivity contribution in [3.05, 3.63) is 0 Å². The van der Waals surface area contributed by atoms with Crippen LogP contribution in [0.1, 0.15) is 19.8 Å². The van der Waals surface area contributed by atoms with E-state index in [-0.39, 0.29) is 5.84 Å². The van der Waals surface area contributed by atoms with Crippen molar-refractivity contribution in [3.8, 4) is 0 Å². The van der Waals surface area contributed by atoms with Gasteiger partial charge in [-0.05, 0) is 13.3 Å². The van der Waals surface area contributed by atoms with Crippen LogP contribution < -0.4 is 11.1 Å². The van der Waals surface area contributed by atoms with E-state index in [1.165, 1.54) is 0 Å². The third kappa shape index (κ3) is 8.00. The van der Waals surface area contributed by atoms with Crippen LogP contribution >= 0.6 is 0 Å². The Labute approximate surface area is 87.2 Å². The largest absolute Gasteiger partial charge is 0.409 e. The van der Waals surface area contributed by atoms with Gasteiger partial charge >= 0.3 is 0 Å². The van der Waals surface area contributed by atoms with E-state index >= 15 is 0 Å². The summed E-state index contributed by atoms with van der Waals surface area (Å²) in [6.45, 7) is 2.70. The predicted octanol–water partition coefficient (Wildman–Crippen LogP) is -0.130. The lowest BCUT2D eigenvalue weighted by atomic mass is 10.2. The number of hydrogen-bond donors (Lipinski definition) is 3. The summed E-state index contributed by atoms with van der Waals surface area (Å²) >= 11 is 0. The first-order valence-corrected chi connectivity index (χ1v) is 6.28. The van der Waals surface area contributed by atoms with Gasteiger partial charge in [-0.25, -0.2) is 0 Å². The average molecular weight is 221 g/mol. The van der Waals surface area contributed by atoms with Gasteiger partial charge < -0.3 is 16.3 Å². The quantitative estimate of drug-likeness (QED) is 0.242. The molecule has 84 valence electrons. The van der Waals surface area contributed by atoms with Gasteiger partial charge in [0.25, 0.3) is 0 Å². The Morgan fingerprint density at radius 2 is 2.36 bits per heavy atom. The average Bonchev–Trinajstić information content (AvgIpc) is 2.14. The molecule has 0 aromatic rings. The summed E-state index contributed by atoms with van der Waals surface area (Å²) in [5.74, 6) is 0.932. The molecular formula is C8H19N3O2S. The zero-order valence-corrected chi connectivity index (χ0v) is 9.51. The van der Waals surface area contributed by atoms with Crippen molar-refractivity contribution in [1.82, 2.24) is 5.32 Å². The summed E-state index contributed by atoms with van der Waals surface area (Å²) < 4.78 is 10.8. The molecule has 0 spiro atoms. The maximum atomic E-state index is 10.8. The number of hydrogen-bond acceptors (Lipinski definition) is 4. The number of amidine groups is 1. The van der Waals surface area contributed by atoms with E-state index in [1.807, 2.05) is 6.92 Å². The summed E-state index contributed by atoms with van der Waals surface area (Å²) in [7, 11) is -0.730. The monoisotopic (exact) mass is 221 g/mol. The standard InChI is InChI=1S/C8H19N3O2S/c1-7(4-6-14(2)13)10-5-3-8(9)11-12/h7,10,12H,3-6H2,1-2H3,(H2,9,11). The van der Waals surface area contributed by atoms with Crippen LogP contribution in [0, 0.1) is 0 Å². The minimum atomic E-state index is -0.730. The summed E-state index contributed by atoms with van der Waals surface area (Å²) in [5.41, 5.74) is 5.29. The number of rotatable bonds is 7. The molecule has 0 amide bonds. The van der Waals surface area contributed by atoms with Crippen molar-refractivity contribution in [2.75, 3.05) is 18.6 Å². The summed E-state index contributed by atoms with van der Waals surface area (Å²) in [4.78, 5) is 0. The second kappa shape index (κ2) is 7.75. The zero-order chi connectivity index (χ0) is 11.0. The highest BCUT2D eigenvalue weighted by Gasteiger charge is 2.02. The van der Waals surface area contributed by atoms with Gasteiger partial charge in [-0.2, -0.15) is 0 Å². The Bertz CT molecular complexity index is 209. The van der Waals surface area contributed by atoms with Crippen molar-refractivity contribution in [2.24, 2.45) is 10.9 Å². The van der Waals surface area contributed by atoms with Crippen LogP contribution in [0.4, 0.5) is 0 Å². The SMILES string of the molecule is CC(CCS(C)=O)NCCC(N)=NO. The van der Waals surface area contributed by atoms with E-state index in [4.69, 9.17) is 10.9 Å². The van der Waals surface area contributed by atoms with Crippen LogP contribution in [0.2, 0.25) is 0 Å². The Morgan fingerprint density at radius 3 is 2.86 bits per heavy atom. The number of nitrogens with one attached hydrogen (secondary N) is 1. The molecule has 4 N–H and O–H groups in total. The highest BCUT2D eigenvalue weighted by atomic mass is 32.2. The van der Waals surface area contributed by atoms with E-state index < -0.39 is 10.8 Å². The molecule has 0 aromatic heterocycles. The summed E-state index contributed by atoms with van der Waals surface area (Å²) in [6.07, 6.45) is 3.10. The minimum Gasteiger partial charge on any atom is -0.409 e. The molecule has 0 bridgehead atoms. The third-order valence-corrected chi connectivity index (χ3v) is 2.65. The van der Waals surface area contributed by atoms with E-state index in [1.54, 1.807) is 6.26 Å². The van der Waals surface area contributed by atoms with Crippen molar-refractivity contribution >= 4 is 16.6 Å². The Balaban J connectivity index is 3.44. The molecule has 0 fully saturated rings. The Hall–Kier alpha value is -0.620. The summed E-state index contributed by atoms with van der Waals surface area (Å²) in [6, 6.07) is 0.311. The lowest BCUT2D eigenvalue weighted by Crippen LogP contribution is -2.30. The van der Waals surface area contributed by atoms with Gasteiger partial charge in [-0.1, -0.05) is 5.16 Å². The van der Waals surface area contributed by atoms with Crippen LogP contribution in [0.15, 0.2) is 5.16 Å². The predicted molar refractivity (Wildman–Crippen MR) is 59.0 cm³/mol. The van der Waals surface area contributed by atoms with Crippen molar-refractivity contribution in [1.29, 1.82) is 0 Å². The van der Waals surface area contributed by atoms with Crippen LogP contribution in [0.5, 0.6) is 0 Å². The molecule has 0 aliphatic rings. The van der Waals surface area contributed by atoms with Crippen LogP contribution in [-0.4, -0.2) is 39.8 Å². The molecular weight excluding hydrogens is 202 g/mol. The van der Waals surface area contributed by atoms with Gasteiger partial charge in [-0.3, -0.25) is 4.21 Å². The molecule has 0 saturated carbocycles. The molecule has 14 heavy (non-hydrogen) atoms. The normalized spacial score (nSPS) is 16.6. The van der Waals surface area contributed by atoms with Crippen molar-refractivity contribution in [2.45, 2.75) is 25.8 Å². The molecule has 0 radical (unpaired) electrons. The molecule has 5 nitrogen and oxygen atoms in total. The molecule has 6 heteroatoms. The fourth-order valence-corrected chi connectivity index (χ4v) is 1.63. The smallest absolute Gasteiger partial charge is 0.140 e. The van der Waals surface area contributed by atoms with E-state index in [0.29, 0.717) is 24.8 Å². The Kier molecular flexibility index (Phi) is 7.41. The topological polar surface area (TPSA) is 87.7 Å². The number of nitrogens with two attached hydrogens (primary N) is 1. The zero-order valence-electron chi connectivity index (χ0n) is 8.69. The number of nitrogens with zero attached hydrogens (tertiary/aromatic N) is 1. The molecule has 0 saturated heterocycles. The highest BCUT2D eigenvalue weighted by molar-refractivity contribution is 7.84. The molecule has 0 aliphatic heterocycles. The lowest BCUT2D eigenvalue weighted by molar-refractivity contribution is 0.316. The van der Waals surface area contributed by atoms with E-state index in [2.05, 4.69) is 10.5 Å². The maximum absolute atomic E-state index is 10.8. The highest BCUT2D eigenvalue weighted by Crippen LogP contribution is 1.92. The molecule has 2 atom stereocenters. The van der Waals surface area contributed by atoms with Gasteiger partial charge in [0, 0.05) is 41.8 Å². The van der Waals surface area contributed by atoms with Gasteiger partial charge in [0.05, 0.1) is 0 Å². The second-order valence-corrected chi connectivity index (χ2v) is 4.82. The van der Waals surface area contributed by atoms with Crippen molar-refractivity contribution < 1.29 is 9.42 Å². The summed E-state index contributed by atoms with van der Waals surface area (Å²) in [5, 5.41) is 14.3. The van der Waals surface area contributed by atoms with Crippen LogP contribution in [0.3, 0.4) is 0 Å². The molecule has 2 unspecified atom stereocenters. The first kappa shape index (κ1) is 13.4. The van der Waals surface area contributed by atoms with Crippen molar-refractivity contribution in [3.63, 3.8) is 0 Å². The van der Waals surface area contributed by atoms with E-state index in [0.717, 1.165) is 6.42 Å². The number of oxime groups is 1. The van der Waals surface area contributed by atoms with Gasteiger partial charge in [0.2, 0.25) is 0 Å². The molecule has 0 aliphatic carbocycles. The first-order valence-electron chi connectivity index (χ1n) is 4.56. The maximum Gasteiger partial charge on any atom is 0.140 e. The van der Waals surface area contributed by atoms with Gasteiger partial charge in [0.15, 0.2) is 0 Å². The van der Waals surface area contributed by atoms with Gasteiger partial charge in [0.1, 0.15) is 5.84 Å². The molecule has 0 heterocycles. The van der Waals surface area contributed by atoms with Gasteiger partial charge in [-0.15, -0.1) is 0 Å². The second-order valence-electron chi connectivity index (χ2n) is 3.26. The van der Waals surface area contributed by atoms with Crippen LogP contribution in [0.25, 0.3) is 0 Å². The molecule has 0 rings (SSSR count). The minimum absolute atomic E-state index is 0.226. The fraction of sp³-hybridized carbons (Fsp3) is 0.875. The van der Waals surface area contributed by atoms with Crippen LogP contribution in [-0.2, 0) is 10.8 Å². The first-order chi connectivity index (χ1) is 6.56. The molecule has 0 aromatic carbocycles. The van der Waals surface area contributed by atoms with E-state index in [9.17, 15) is 4.21 Å². The third-order valence-electron chi connectivity index (χ3n) is 1.84. The fourth-order valence-electron chi connectivity index (χ4n) is 0.941. The Morgan fingerprint density at radius 1 is 1.71 bits per heavy atom.